The third-order valence-electron chi connectivity index (χ3n) is 4.10. The number of aromatic hydroxyl groups is 1. The highest BCUT2D eigenvalue weighted by atomic mass is 16.5. The van der Waals surface area contributed by atoms with Crippen LogP contribution in [-0.4, -0.2) is 36.2 Å². The van der Waals surface area contributed by atoms with E-state index in [1.165, 1.54) is 12.8 Å². The normalized spacial score (nSPS) is 24.4. The zero-order chi connectivity index (χ0) is 13.8. The smallest absolute Gasteiger partial charge is 0.160 e. The molecular formula is C15H24N2O2. The summed E-state index contributed by atoms with van der Waals surface area (Å²) in [5, 5.41) is 9.62. The van der Waals surface area contributed by atoms with Crippen LogP contribution in [0, 0.1) is 5.92 Å². The quantitative estimate of drug-likeness (QED) is 0.873. The first-order chi connectivity index (χ1) is 9.15. The molecule has 0 radical (unpaired) electrons. The number of phenols is 1. The molecule has 4 nitrogen and oxygen atoms in total. The zero-order valence-electron chi connectivity index (χ0n) is 11.8. The largest absolute Gasteiger partial charge is 0.504 e. The van der Waals surface area contributed by atoms with Crippen LogP contribution < -0.4 is 10.5 Å². The van der Waals surface area contributed by atoms with Crippen molar-refractivity contribution in [2.75, 3.05) is 20.2 Å². The van der Waals surface area contributed by atoms with Gasteiger partial charge in [0.15, 0.2) is 11.5 Å². The number of nitrogens with two attached hydrogens (primary N) is 1. The number of nitrogens with zero attached hydrogens (tertiary/aromatic N) is 1. The number of ether oxygens (including phenoxy) is 1. The predicted octanol–water partition coefficient (Wildman–Crippen LogP) is 1.96. The molecule has 1 heterocycles. The lowest BCUT2D eigenvalue weighted by atomic mass is 9.90. The summed E-state index contributed by atoms with van der Waals surface area (Å²) in [5.41, 5.74) is 7.07. The molecule has 2 unspecified atom stereocenters. The standard InChI is InChI=1S/C15H24N2O2/c1-11-4-3-7-17(13(11)9-16)10-12-5-6-14(18)15(8-12)19-2/h5-6,8,11,13,18H,3-4,7,9-10,16H2,1-2H3. The maximum atomic E-state index is 9.62. The summed E-state index contributed by atoms with van der Waals surface area (Å²) in [6, 6.07) is 6.00. The first kappa shape index (κ1) is 14.2. The number of hydrogen-bond acceptors (Lipinski definition) is 4. The van der Waals surface area contributed by atoms with Crippen LogP contribution in [0.5, 0.6) is 11.5 Å². The predicted molar refractivity (Wildman–Crippen MR) is 76.3 cm³/mol. The molecule has 0 aliphatic carbocycles. The van der Waals surface area contributed by atoms with Gasteiger partial charge in [0.05, 0.1) is 7.11 Å². The van der Waals surface area contributed by atoms with E-state index in [9.17, 15) is 5.11 Å². The lowest BCUT2D eigenvalue weighted by Gasteiger charge is -2.39. The zero-order valence-corrected chi connectivity index (χ0v) is 11.8. The fourth-order valence-electron chi connectivity index (χ4n) is 2.97. The lowest BCUT2D eigenvalue weighted by molar-refractivity contribution is 0.0990. The van der Waals surface area contributed by atoms with Crippen molar-refractivity contribution in [3.63, 3.8) is 0 Å². The molecule has 0 bridgehead atoms. The molecule has 106 valence electrons. The highest BCUT2D eigenvalue weighted by Gasteiger charge is 2.27. The maximum Gasteiger partial charge on any atom is 0.160 e. The Morgan fingerprint density at radius 3 is 2.95 bits per heavy atom. The van der Waals surface area contributed by atoms with Crippen molar-refractivity contribution >= 4 is 0 Å². The van der Waals surface area contributed by atoms with Gasteiger partial charge in [0.25, 0.3) is 0 Å². The van der Waals surface area contributed by atoms with Crippen molar-refractivity contribution in [3.05, 3.63) is 23.8 Å². The molecule has 1 aromatic rings. The molecule has 0 spiro atoms. The number of benzene rings is 1. The molecule has 0 saturated carbocycles. The van der Waals surface area contributed by atoms with Crippen LogP contribution in [0.15, 0.2) is 18.2 Å². The van der Waals surface area contributed by atoms with Crippen LogP contribution in [0.4, 0.5) is 0 Å². The number of methoxy groups -OCH3 is 1. The van der Waals surface area contributed by atoms with Crippen molar-refractivity contribution in [3.8, 4) is 11.5 Å². The summed E-state index contributed by atoms with van der Waals surface area (Å²) in [6.07, 6.45) is 2.49. The van der Waals surface area contributed by atoms with Crippen molar-refractivity contribution in [1.82, 2.24) is 4.90 Å². The Hall–Kier alpha value is -1.26. The summed E-state index contributed by atoms with van der Waals surface area (Å²) in [4.78, 5) is 2.44. The molecular weight excluding hydrogens is 240 g/mol. The van der Waals surface area contributed by atoms with Crippen LogP contribution in [0.2, 0.25) is 0 Å². The molecule has 1 saturated heterocycles. The molecule has 1 aliphatic heterocycles. The SMILES string of the molecule is COc1cc(CN2CCCC(C)C2CN)ccc1O. The monoisotopic (exact) mass is 264 g/mol. The van der Waals surface area contributed by atoms with Crippen LogP contribution in [0.1, 0.15) is 25.3 Å². The van der Waals surface area contributed by atoms with E-state index in [0.717, 1.165) is 18.7 Å². The first-order valence-corrected chi connectivity index (χ1v) is 6.95. The van der Waals surface area contributed by atoms with E-state index in [1.807, 2.05) is 12.1 Å². The van der Waals surface area contributed by atoms with Gasteiger partial charge in [-0.2, -0.15) is 0 Å². The first-order valence-electron chi connectivity index (χ1n) is 6.95. The molecule has 2 rings (SSSR count). The van der Waals surface area contributed by atoms with Gasteiger partial charge in [-0.1, -0.05) is 13.0 Å². The number of likely N-dealkylation sites (tertiary alicyclic amines) is 1. The van der Waals surface area contributed by atoms with Crippen molar-refractivity contribution in [2.24, 2.45) is 11.7 Å². The van der Waals surface area contributed by atoms with Crippen LogP contribution in [-0.2, 0) is 6.54 Å². The van der Waals surface area contributed by atoms with E-state index in [4.69, 9.17) is 10.5 Å². The minimum atomic E-state index is 0.189. The molecule has 3 N–H and O–H groups in total. The van der Waals surface area contributed by atoms with Gasteiger partial charge < -0.3 is 15.6 Å². The Morgan fingerprint density at radius 2 is 2.26 bits per heavy atom. The van der Waals surface area contributed by atoms with Gasteiger partial charge in [-0.3, -0.25) is 4.90 Å². The molecule has 4 heteroatoms. The Balaban J connectivity index is 2.11. The van der Waals surface area contributed by atoms with Gasteiger partial charge in [-0.15, -0.1) is 0 Å². The lowest BCUT2D eigenvalue weighted by Crippen LogP contribution is -2.47. The molecule has 0 aromatic heterocycles. The second kappa shape index (κ2) is 6.26. The topological polar surface area (TPSA) is 58.7 Å². The highest BCUT2D eigenvalue weighted by molar-refractivity contribution is 5.41. The molecule has 2 atom stereocenters. The van der Waals surface area contributed by atoms with Gasteiger partial charge in [-0.25, -0.2) is 0 Å². The average Bonchev–Trinajstić information content (AvgIpc) is 2.41. The number of hydrogen-bond donors (Lipinski definition) is 2. The van der Waals surface area contributed by atoms with E-state index >= 15 is 0 Å². The van der Waals surface area contributed by atoms with Crippen molar-refractivity contribution in [2.45, 2.75) is 32.4 Å². The van der Waals surface area contributed by atoms with E-state index in [-0.39, 0.29) is 5.75 Å². The number of piperidine rings is 1. The molecule has 1 aromatic carbocycles. The Labute approximate surface area is 115 Å². The third-order valence-corrected chi connectivity index (χ3v) is 4.10. The molecule has 1 aliphatic rings. The van der Waals surface area contributed by atoms with Gasteiger partial charge in [0, 0.05) is 19.1 Å². The molecule has 19 heavy (non-hydrogen) atoms. The van der Waals surface area contributed by atoms with Crippen LogP contribution in [0.25, 0.3) is 0 Å². The Morgan fingerprint density at radius 1 is 1.47 bits per heavy atom. The van der Waals surface area contributed by atoms with E-state index in [2.05, 4.69) is 11.8 Å². The number of phenolic OH excluding ortho intramolecular Hbond substituents is 1. The van der Waals surface area contributed by atoms with Crippen LogP contribution >= 0.6 is 0 Å². The van der Waals surface area contributed by atoms with Gasteiger partial charge >= 0.3 is 0 Å². The third kappa shape index (κ3) is 3.19. The van der Waals surface area contributed by atoms with Gasteiger partial charge in [-0.05, 0) is 43.0 Å². The molecule has 0 amide bonds. The summed E-state index contributed by atoms with van der Waals surface area (Å²) in [7, 11) is 1.57. The van der Waals surface area contributed by atoms with Crippen molar-refractivity contribution < 1.29 is 9.84 Å². The Bertz CT molecular complexity index is 423. The minimum absolute atomic E-state index is 0.189. The van der Waals surface area contributed by atoms with Gasteiger partial charge in [0.1, 0.15) is 0 Å². The summed E-state index contributed by atoms with van der Waals surface area (Å²) in [5.74, 6) is 1.37. The molecule has 1 fully saturated rings. The maximum absolute atomic E-state index is 9.62. The van der Waals surface area contributed by atoms with E-state index in [1.54, 1.807) is 13.2 Å². The van der Waals surface area contributed by atoms with E-state index < -0.39 is 0 Å². The van der Waals surface area contributed by atoms with E-state index in [0.29, 0.717) is 24.3 Å². The number of rotatable bonds is 4. The highest BCUT2D eigenvalue weighted by Crippen LogP contribution is 2.29. The second-order valence-electron chi connectivity index (χ2n) is 5.40. The fourth-order valence-corrected chi connectivity index (χ4v) is 2.97. The fraction of sp³-hybridized carbons (Fsp3) is 0.600. The summed E-state index contributed by atoms with van der Waals surface area (Å²) in [6.45, 7) is 4.94. The van der Waals surface area contributed by atoms with Gasteiger partial charge in [0.2, 0.25) is 0 Å². The second-order valence-corrected chi connectivity index (χ2v) is 5.40. The Kier molecular flexibility index (Phi) is 4.66. The summed E-state index contributed by atoms with van der Waals surface area (Å²) >= 11 is 0. The summed E-state index contributed by atoms with van der Waals surface area (Å²) < 4.78 is 5.16. The van der Waals surface area contributed by atoms with Crippen LogP contribution in [0.3, 0.4) is 0 Å². The van der Waals surface area contributed by atoms with Crippen molar-refractivity contribution in [1.29, 1.82) is 0 Å². The average molecular weight is 264 g/mol. The minimum Gasteiger partial charge on any atom is -0.504 e.